The van der Waals surface area contributed by atoms with Gasteiger partial charge in [-0.15, -0.1) is 0 Å². The van der Waals surface area contributed by atoms with E-state index in [-0.39, 0.29) is 12.4 Å². The van der Waals surface area contributed by atoms with Gasteiger partial charge in [0.1, 0.15) is 30.0 Å². The third-order valence-electron chi connectivity index (χ3n) is 5.39. The summed E-state index contributed by atoms with van der Waals surface area (Å²) in [6, 6.07) is 12.9. The number of halogens is 2. The van der Waals surface area contributed by atoms with Crippen molar-refractivity contribution in [2.45, 2.75) is 6.10 Å². The van der Waals surface area contributed by atoms with Gasteiger partial charge in [-0.25, -0.2) is 9.37 Å². The van der Waals surface area contributed by atoms with Gasteiger partial charge >= 0.3 is 0 Å². The number of fused-ring (bicyclic) bond motifs is 1. The standard InChI is InChI=1S/C23H25ClFN3O3/c1-30-23-22(12-19(25)13-26-23)28-8-6-27(7-9-28)14-20(29)15-31-21-5-3-16-10-18(24)4-2-17(16)11-21/h2-5,10-13,20,29H,6-9,14-15H2,1H3. The van der Waals surface area contributed by atoms with Gasteiger partial charge in [-0.1, -0.05) is 23.7 Å². The van der Waals surface area contributed by atoms with Gasteiger partial charge < -0.3 is 19.5 Å². The normalized spacial score (nSPS) is 15.8. The molecule has 0 radical (unpaired) electrons. The number of aliphatic hydroxyl groups excluding tert-OH is 1. The Bertz CT molecular complexity index is 1040. The molecule has 1 aromatic heterocycles. The summed E-state index contributed by atoms with van der Waals surface area (Å²) in [6.07, 6.45) is 0.539. The van der Waals surface area contributed by atoms with Crippen LogP contribution in [-0.2, 0) is 0 Å². The summed E-state index contributed by atoms with van der Waals surface area (Å²) < 4.78 is 24.7. The van der Waals surface area contributed by atoms with Crippen molar-refractivity contribution in [2.75, 3.05) is 51.3 Å². The molecule has 0 bridgehead atoms. The maximum absolute atomic E-state index is 13.6. The topological polar surface area (TPSA) is 58.1 Å². The first-order valence-electron chi connectivity index (χ1n) is 10.2. The molecule has 0 spiro atoms. The minimum Gasteiger partial charge on any atom is -0.491 e. The number of β-amino-alcohol motifs (C(OH)–C–C–N with tert-alkyl or cyclic N) is 1. The lowest BCUT2D eigenvalue weighted by molar-refractivity contribution is 0.0663. The van der Waals surface area contributed by atoms with Crippen molar-refractivity contribution in [1.82, 2.24) is 9.88 Å². The van der Waals surface area contributed by atoms with Crippen LogP contribution in [0.4, 0.5) is 10.1 Å². The predicted octanol–water partition coefficient (Wildman–Crippen LogP) is 3.60. The summed E-state index contributed by atoms with van der Waals surface area (Å²) >= 11 is 6.02. The minimum atomic E-state index is -0.613. The summed E-state index contributed by atoms with van der Waals surface area (Å²) in [4.78, 5) is 8.22. The highest BCUT2D eigenvalue weighted by molar-refractivity contribution is 6.31. The van der Waals surface area contributed by atoms with Crippen molar-refractivity contribution in [1.29, 1.82) is 0 Å². The van der Waals surface area contributed by atoms with Gasteiger partial charge in [0.15, 0.2) is 0 Å². The first-order valence-corrected chi connectivity index (χ1v) is 10.6. The molecule has 0 saturated carbocycles. The Morgan fingerprint density at radius 1 is 1.10 bits per heavy atom. The van der Waals surface area contributed by atoms with Crippen LogP contribution in [0.1, 0.15) is 0 Å². The molecule has 1 unspecified atom stereocenters. The third-order valence-corrected chi connectivity index (χ3v) is 5.63. The van der Waals surface area contributed by atoms with Crippen molar-refractivity contribution in [3.63, 3.8) is 0 Å². The summed E-state index contributed by atoms with van der Waals surface area (Å²) in [5, 5.41) is 13.2. The van der Waals surface area contributed by atoms with Crippen LogP contribution in [0.15, 0.2) is 48.7 Å². The molecule has 1 fully saturated rings. The molecule has 8 heteroatoms. The van der Waals surface area contributed by atoms with E-state index < -0.39 is 6.10 Å². The monoisotopic (exact) mass is 445 g/mol. The van der Waals surface area contributed by atoms with Gasteiger partial charge in [0.2, 0.25) is 5.88 Å². The zero-order valence-electron chi connectivity index (χ0n) is 17.3. The molecule has 164 valence electrons. The van der Waals surface area contributed by atoms with E-state index in [0.29, 0.717) is 42.0 Å². The number of aromatic nitrogens is 1. The zero-order valence-corrected chi connectivity index (χ0v) is 18.1. The fourth-order valence-electron chi connectivity index (χ4n) is 3.80. The number of nitrogens with zero attached hydrogens (tertiary/aromatic N) is 3. The number of rotatable bonds is 7. The number of methoxy groups -OCH3 is 1. The van der Waals surface area contributed by atoms with Crippen molar-refractivity contribution in [2.24, 2.45) is 0 Å². The average Bonchev–Trinajstić information content (AvgIpc) is 2.78. The van der Waals surface area contributed by atoms with Crippen LogP contribution in [0, 0.1) is 5.82 Å². The number of hydrogen-bond donors (Lipinski definition) is 1. The lowest BCUT2D eigenvalue weighted by Gasteiger charge is -2.37. The molecule has 2 aromatic carbocycles. The number of hydrogen-bond acceptors (Lipinski definition) is 6. The molecule has 3 aromatic rings. The second-order valence-electron chi connectivity index (χ2n) is 7.59. The lowest BCUT2D eigenvalue weighted by Crippen LogP contribution is -2.49. The van der Waals surface area contributed by atoms with Crippen LogP contribution < -0.4 is 14.4 Å². The third kappa shape index (κ3) is 5.36. The van der Waals surface area contributed by atoms with E-state index in [4.69, 9.17) is 21.1 Å². The van der Waals surface area contributed by atoms with Gasteiger partial charge in [-0.05, 0) is 35.0 Å². The molecular weight excluding hydrogens is 421 g/mol. The zero-order chi connectivity index (χ0) is 21.8. The molecule has 4 rings (SSSR count). The van der Waals surface area contributed by atoms with Crippen molar-refractivity contribution >= 4 is 28.1 Å². The number of benzene rings is 2. The molecule has 0 amide bonds. The Hall–Kier alpha value is -2.61. The van der Waals surface area contributed by atoms with E-state index in [1.54, 1.807) is 0 Å². The van der Waals surface area contributed by atoms with Gasteiger partial charge in [0.25, 0.3) is 0 Å². The van der Waals surface area contributed by atoms with Crippen molar-refractivity contribution in [3.05, 3.63) is 59.5 Å². The highest BCUT2D eigenvalue weighted by atomic mass is 35.5. The fraction of sp³-hybridized carbons (Fsp3) is 0.348. The van der Waals surface area contributed by atoms with Crippen LogP contribution in [0.2, 0.25) is 5.02 Å². The van der Waals surface area contributed by atoms with Gasteiger partial charge in [0, 0.05) is 43.8 Å². The second kappa shape index (κ2) is 9.68. The summed E-state index contributed by atoms with van der Waals surface area (Å²) in [7, 11) is 1.53. The first-order chi connectivity index (χ1) is 15.0. The Morgan fingerprint density at radius 2 is 1.84 bits per heavy atom. The highest BCUT2D eigenvalue weighted by Gasteiger charge is 2.22. The molecule has 2 heterocycles. The first kappa shape index (κ1) is 21.6. The van der Waals surface area contributed by atoms with E-state index in [1.165, 1.54) is 13.2 Å². The maximum atomic E-state index is 13.6. The van der Waals surface area contributed by atoms with Crippen LogP contribution in [-0.4, -0.2) is 67.5 Å². The number of ether oxygens (including phenoxy) is 2. The van der Waals surface area contributed by atoms with E-state index in [1.807, 2.05) is 36.4 Å². The highest BCUT2D eigenvalue weighted by Crippen LogP contribution is 2.27. The van der Waals surface area contributed by atoms with E-state index in [9.17, 15) is 9.50 Å². The summed E-state index contributed by atoms with van der Waals surface area (Å²) in [5.41, 5.74) is 0.656. The molecule has 1 saturated heterocycles. The van der Waals surface area contributed by atoms with Crippen LogP contribution >= 0.6 is 11.6 Å². The van der Waals surface area contributed by atoms with Crippen LogP contribution in [0.5, 0.6) is 11.6 Å². The minimum absolute atomic E-state index is 0.209. The summed E-state index contributed by atoms with van der Waals surface area (Å²) in [6.45, 7) is 3.60. The Kier molecular flexibility index (Phi) is 6.75. The molecule has 1 atom stereocenters. The quantitative estimate of drug-likeness (QED) is 0.599. The second-order valence-corrected chi connectivity index (χ2v) is 8.02. The average molecular weight is 446 g/mol. The summed E-state index contributed by atoms with van der Waals surface area (Å²) in [5.74, 6) is 0.743. The Labute approximate surface area is 185 Å². The molecule has 6 nitrogen and oxygen atoms in total. The van der Waals surface area contributed by atoms with Crippen LogP contribution in [0.3, 0.4) is 0 Å². The Balaban J connectivity index is 1.27. The largest absolute Gasteiger partial charge is 0.491 e. The number of aliphatic hydroxyl groups is 1. The molecular formula is C23H25ClFN3O3. The molecule has 1 aliphatic heterocycles. The Morgan fingerprint density at radius 3 is 2.61 bits per heavy atom. The van der Waals surface area contributed by atoms with Gasteiger partial charge in [0.05, 0.1) is 13.3 Å². The van der Waals surface area contributed by atoms with Gasteiger partial charge in [-0.3, -0.25) is 4.90 Å². The van der Waals surface area contributed by atoms with Crippen molar-refractivity contribution in [3.8, 4) is 11.6 Å². The van der Waals surface area contributed by atoms with E-state index >= 15 is 0 Å². The van der Waals surface area contributed by atoms with Crippen molar-refractivity contribution < 1.29 is 19.0 Å². The van der Waals surface area contributed by atoms with E-state index in [0.717, 1.165) is 30.1 Å². The fourth-order valence-corrected chi connectivity index (χ4v) is 3.98. The smallest absolute Gasteiger partial charge is 0.237 e. The van der Waals surface area contributed by atoms with Crippen LogP contribution in [0.25, 0.3) is 10.8 Å². The maximum Gasteiger partial charge on any atom is 0.237 e. The number of piperazine rings is 1. The van der Waals surface area contributed by atoms with E-state index in [2.05, 4.69) is 14.8 Å². The predicted molar refractivity (Wildman–Crippen MR) is 120 cm³/mol. The van der Waals surface area contributed by atoms with Gasteiger partial charge in [-0.2, -0.15) is 0 Å². The number of pyridine rings is 1. The molecule has 0 aliphatic carbocycles. The molecule has 31 heavy (non-hydrogen) atoms. The lowest BCUT2D eigenvalue weighted by atomic mass is 10.1. The molecule has 1 aliphatic rings. The number of anilines is 1. The molecule has 1 N–H and O–H groups in total. The SMILES string of the molecule is COc1ncc(F)cc1N1CCN(CC(O)COc2ccc3cc(Cl)ccc3c2)CC1.